The van der Waals surface area contributed by atoms with Crippen molar-refractivity contribution in [3.63, 3.8) is 0 Å². The van der Waals surface area contributed by atoms with Crippen molar-refractivity contribution in [3.8, 4) is 0 Å². The zero-order chi connectivity index (χ0) is 25.5. The Hall–Kier alpha value is -3.97. The molecule has 0 aliphatic carbocycles. The molecule has 1 aliphatic rings. The topological polar surface area (TPSA) is 96.5 Å². The first-order valence-corrected chi connectivity index (χ1v) is 10.0. The quantitative estimate of drug-likeness (QED) is 0.512. The lowest BCUT2D eigenvalue weighted by Crippen LogP contribution is -2.34. The predicted molar refractivity (Wildman–Crippen MR) is 110 cm³/mol. The maximum absolute atomic E-state index is 13.3. The van der Waals surface area contributed by atoms with Crippen molar-refractivity contribution in [1.29, 1.82) is 0 Å². The summed E-state index contributed by atoms with van der Waals surface area (Å²) in [5, 5.41) is 21.1. The molecule has 0 saturated carbocycles. The van der Waals surface area contributed by atoms with Crippen LogP contribution in [0, 0.1) is 0 Å². The molecule has 2 aromatic carbocycles. The van der Waals surface area contributed by atoms with Crippen molar-refractivity contribution in [2.45, 2.75) is 24.8 Å². The van der Waals surface area contributed by atoms with E-state index >= 15 is 0 Å². The van der Waals surface area contributed by atoms with Crippen molar-refractivity contribution < 1.29 is 36.2 Å². The first-order chi connectivity index (χ1) is 16.3. The predicted octanol–water partition coefficient (Wildman–Crippen LogP) is 4.21. The van der Waals surface area contributed by atoms with E-state index in [1.54, 1.807) is 24.3 Å². The van der Waals surface area contributed by atoms with Crippen molar-refractivity contribution in [2.75, 3.05) is 11.4 Å². The lowest BCUT2D eigenvalue weighted by atomic mass is 9.95. The molecule has 14 heteroatoms. The van der Waals surface area contributed by atoms with Gasteiger partial charge in [0.1, 0.15) is 5.71 Å². The minimum Gasteiger partial charge on any atom is -0.477 e. The molecule has 4 rings (SSSR count). The number of fused-ring (bicyclic) bond motifs is 1. The van der Waals surface area contributed by atoms with Gasteiger partial charge in [0.25, 0.3) is 5.95 Å². The number of aliphatic imine (C=N–C) groups is 1. The average Bonchev–Trinajstić information content (AvgIpc) is 3.36. The fraction of sp³-hybridized carbons (Fsp3) is 0.286. The Labute approximate surface area is 193 Å². The molecule has 0 radical (unpaired) electrons. The fourth-order valence-electron chi connectivity index (χ4n) is 3.79. The third kappa shape index (κ3) is 5.10. The summed E-state index contributed by atoms with van der Waals surface area (Å²) >= 11 is 0. The number of rotatable bonds is 6. The maximum atomic E-state index is 13.3. The van der Waals surface area contributed by atoms with Crippen LogP contribution >= 0.6 is 0 Å². The van der Waals surface area contributed by atoms with E-state index in [0.717, 1.165) is 4.80 Å². The van der Waals surface area contributed by atoms with Crippen molar-refractivity contribution in [1.82, 2.24) is 20.2 Å². The molecule has 1 unspecified atom stereocenters. The maximum Gasteiger partial charge on any atom is 0.416 e. The molecule has 0 saturated heterocycles. The van der Waals surface area contributed by atoms with Gasteiger partial charge in [-0.05, 0) is 40.6 Å². The highest BCUT2D eigenvalue weighted by molar-refractivity contribution is 6.39. The van der Waals surface area contributed by atoms with E-state index in [1.807, 2.05) is 0 Å². The van der Waals surface area contributed by atoms with Gasteiger partial charge in [0, 0.05) is 13.1 Å². The number of aryl methyl sites for hydroxylation is 1. The number of aromatic nitrogens is 4. The number of hydrogen-bond acceptors (Lipinski definition) is 6. The molecule has 0 amide bonds. The van der Waals surface area contributed by atoms with Crippen LogP contribution in [0.1, 0.15) is 28.2 Å². The second-order valence-electron chi connectivity index (χ2n) is 7.79. The molecule has 35 heavy (non-hydrogen) atoms. The van der Waals surface area contributed by atoms with E-state index in [9.17, 15) is 36.2 Å². The molecular formula is C21H16F6N6O2. The Bertz CT molecular complexity index is 1270. The highest BCUT2D eigenvalue weighted by Crippen LogP contribution is 2.38. The number of anilines is 1. The lowest BCUT2D eigenvalue weighted by molar-refractivity contribution is -0.143. The van der Waals surface area contributed by atoms with E-state index in [1.165, 1.54) is 11.9 Å². The number of alkyl halides is 6. The number of halogens is 6. The van der Waals surface area contributed by atoms with Gasteiger partial charge in [-0.1, -0.05) is 23.3 Å². The molecule has 1 aliphatic heterocycles. The van der Waals surface area contributed by atoms with Crippen molar-refractivity contribution in [3.05, 3.63) is 64.7 Å². The summed E-state index contributed by atoms with van der Waals surface area (Å²) in [4.78, 5) is 18.3. The number of aliphatic carboxylic acids is 1. The van der Waals surface area contributed by atoms with Crippen LogP contribution in [-0.4, -0.2) is 43.5 Å². The van der Waals surface area contributed by atoms with Crippen molar-refractivity contribution >= 4 is 23.3 Å². The summed E-state index contributed by atoms with van der Waals surface area (Å²) in [6, 6.07) is 7.82. The van der Waals surface area contributed by atoms with E-state index in [4.69, 9.17) is 0 Å². The smallest absolute Gasteiger partial charge is 0.416 e. The number of carboxylic acids is 1. The summed E-state index contributed by atoms with van der Waals surface area (Å²) < 4.78 is 80.0. The van der Waals surface area contributed by atoms with Crippen LogP contribution in [-0.2, 0) is 30.7 Å². The molecule has 0 fully saturated rings. The van der Waals surface area contributed by atoms with Gasteiger partial charge in [-0.25, -0.2) is 9.79 Å². The fourth-order valence-corrected chi connectivity index (χ4v) is 3.79. The normalized spacial score (nSPS) is 15.6. The summed E-state index contributed by atoms with van der Waals surface area (Å²) in [5.74, 6) is -2.26. The van der Waals surface area contributed by atoms with Gasteiger partial charge in [0.2, 0.25) is 0 Å². The van der Waals surface area contributed by atoms with Crippen LogP contribution in [0.15, 0.2) is 47.5 Å². The second-order valence-corrected chi connectivity index (χ2v) is 7.79. The first kappa shape index (κ1) is 24.2. The monoisotopic (exact) mass is 498 g/mol. The summed E-state index contributed by atoms with van der Waals surface area (Å²) in [6.07, 6.45) is -10.0. The summed E-state index contributed by atoms with van der Waals surface area (Å²) in [6.45, 7) is -0.671. The zero-order valence-electron chi connectivity index (χ0n) is 17.8. The first-order valence-electron chi connectivity index (χ1n) is 10.0. The Morgan fingerprint density at radius 2 is 1.69 bits per heavy atom. The molecule has 2 heterocycles. The van der Waals surface area contributed by atoms with Gasteiger partial charge in [-0.2, -0.15) is 31.1 Å². The Balaban J connectivity index is 1.76. The number of carbonyl (C=O) groups is 1. The van der Waals surface area contributed by atoms with Gasteiger partial charge >= 0.3 is 18.3 Å². The van der Waals surface area contributed by atoms with Crippen molar-refractivity contribution in [2.24, 2.45) is 12.0 Å². The van der Waals surface area contributed by atoms with Crippen LogP contribution in [0.3, 0.4) is 0 Å². The molecule has 1 atom stereocenters. The number of tetrazole rings is 1. The number of carboxylic acid groups (broad SMARTS) is 1. The van der Waals surface area contributed by atoms with Gasteiger partial charge in [0.15, 0.2) is 0 Å². The lowest BCUT2D eigenvalue weighted by Gasteiger charge is -2.25. The largest absolute Gasteiger partial charge is 0.477 e. The highest BCUT2D eigenvalue weighted by Gasteiger charge is 2.38. The van der Waals surface area contributed by atoms with Gasteiger partial charge < -0.3 is 10.0 Å². The zero-order valence-corrected chi connectivity index (χ0v) is 17.8. The molecule has 1 aromatic heterocycles. The number of nitrogens with zero attached hydrogens (tertiary/aromatic N) is 6. The number of hydrogen-bond donors (Lipinski definition) is 1. The third-order valence-electron chi connectivity index (χ3n) is 5.31. The molecule has 184 valence electrons. The Kier molecular flexibility index (Phi) is 5.99. The molecule has 8 nitrogen and oxygen atoms in total. The Morgan fingerprint density at radius 1 is 1.06 bits per heavy atom. The summed E-state index contributed by atoms with van der Waals surface area (Å²) in [5.41, 5.74) is -2.53. The average molecular weight is 498 g/mol. The highest BCUT2D eigenvalue weighted by atomic mass is 19.4. The summed E-state index contributed by atoms with van der Waals surface area (Å²) in [7, 11) is 1.43. The molecule has 0 bridgehead atoms. The van der Waals surface area contributed by atoms with E-state index < -0.39 is 41.9 Å². The van der Waals surface area contributed by atoms with Gasteiger partial charge in [0.05, 0.1) is 29.8 Å². The molecule has 1 N–H and O–H groups in total. The number of para-hydroxylation sites is 1. The van der Waals surface area contributed by atoms with Crippen LogP contribution in [0.2, 0.25) is 0 Å². The standard InChI is InChI=1S/C21H16F6N6O2/c1-32-30-19(29-31-32)33(10-15-14-4-2-3-5-16(14)28-17(15)18(34)35)9-11-6-12(20(22,23)24)8-13(7-11)21(25,26)27/h2-8,15H,9-10H2,1H3,(H,34,35). The second kappa shape index (κ2) is 8.67. The van der Waals surface area contributed by atoms with Crippen LogP contribution < -0.4 is 4.90 Å². The van der Waals surface area contributed by atoms with Gasteiger partial charge in [-0.3, -0.25) is 0 Å². The van der Waals surface area contributed by atoms with E-state index in [-0.39, 0.29) is 29.8 Å². The van der Waals surface area contributed by atoms with Gasteiger partial charge in [-0.15, -0.1) is 5.10 Å². The molecular weight excluding hydrogens is 482 g/mol. The molecule has 3 aromatic rings. The van der Waals surface area contributed by atoms with E-state index in [0.29, 0.717) is 23.4 Å². The minimum absolute atomic E-state index is 0.0385. The van der Waals surface area contributed by atoms with Crippen LogP contribution in [0.5, 0.6) is 0 Å². The Morgan fingerprint density at radius 3 is 2.23 bits per heavy atom. The molecule has 0 spiro atoms. The number of benzene rings is 2. The SMILES string of the molecule is Cn1nnc(N(Cc2cc(C(F)(F)F)cc(C(F)(F)F)c2)CC2C(C(=O)O)=Nc3ccccc32)n1. The third-order valence-corrected chi connectivity index (χ3v) is 5.31. The van der Waals surface area contributed by atoms with Crippen LogP contribution in [0.25, 0.3) is 0 Å². The minimum atomic E-state index is -5.01. The van der Waals surface area contributed by atoms with Crippen LogP contribution in [0.4, 0.5) is 38.0 Å². The van der Waals surface area contributed by atoms with E-state index in [2.05, 4.69) is 20.4 Å².